The van der Waals surface area contributed by atoms with Gasteiger partial charge in [-0.2, -0.15) is 0 Å². The standard InChI is InChI=1S/C29H44N6O6/c1-4-5-16-39-27(36)21(3)25-17-31-13-15-33(25)18-24-19-34(29(38)40-24)23-11-9-22(10-12-23)26(30)32-28(37)41-35-14-7-6-8-20(35)2/h9-12,20-21,24-25,31H,4-8,13-19H2,1-3H3,(H2,30,32,37). The van der Waals surface area contributed by atoms with E-state index in [4.69, 9.17) is 19.7 Å². The average Bonchev–Trinajstić information content (AvgIpc) is 3.33. The number of benzene rings is 1. The van der Waals surface area contributed by atoms with Crippen LogP contribution in [0.4, 0.5) is 15.3 Å². The molecule has 3 aliphatic rings. The molecule has 12 heteroatoms. The third-order valence-corrected chi connectivity index (χ3v) is 8.04. The second kappa shape index (κ2) is 14.6. The zero-order chi connectivity index (χ0) is 29.4. The second-order valence-electron chi connectivity index (χ2n) is 11.1. The maximum Gasteiger partial charge on any atom is 0.431 e. The lowest BCUT2D eigenvalue weighted by molar-refractivity contribution is -0.151. The van der Waals surface area contributed by atoms with E-state index in [1.807, 2.05) is 13.8 Å². The quantitative estimate of drug-likeness (QED) is 0.167. The molecule has 3 N–H and O–H groups in total. The van der Waals surface area contributed by atoms with E-state index in [1.54, 1.807) is 34.2 Å². The van der Waals surface area contributed by atoms with E-state index in [1.165, 1.54) is 0 Å². The fourth-order valence-corrected chi connectivity index (χ4v) is 5.50. The minimum Gasteiger partial charge on any atom is -0.465 e. The van der Waals surface area contributed by atoms with Crippen LogP contribution in [0.1, 0.15) is 58.4 Å². The van der Waals surface area contributed by atoms with Gasteiger partial charge in [0.05, 0.1) is 19.1 Å². The summed E-state index contributed by atoms with van der Waals surface area (Å²) >= 11 is 0. The van der Waals surface area contributed by atoms with Crippen LogP contribution in [0.3, 0.4) is 0 Å². The number of amides is 2. The number of hydrogen-bond donors (Lipinski definition) is 3. The molecule has 3 heterocycles. The number of piperidine rings is 1. The number of anilines is 1. The number of ether oxygens (including phenoxy) is 2. The van der Waals surface area contributed by atoms with Gasteiger partial charge in [-0.1, -0.05) is 26.7 Å². The van der Waals surface area contributed by atoms with Gasteiger partial charge >= 0.3 is 18.2 Å². The van der Waals surface area contributed by atoms with Crippen LogP contribution in [0.25, 0.3) is 0 Å². The molecule has 0 aliphatic carbocycles. The molecular formula is C29H44N6O6. The zero-order valence-corrected chi connectivity index (χ0v) is 24.4. The first-order valence-electron chi connectivity index (χ1n) is 14.8. The molecule has 0 bridgehead atoms. The lowest BCUT2D eigenvalue weighted by Crippen LogP contribution is -2.57. The summed E-state index contributed by atoms with van der Waals surface area (Å²) in [7, 11) is 0. The number of cyclic esters (lactones) is 1. The summed E-state index contributed by atoms with van der Waals surface area (Å²) in [4.78, 5) is 46.8. The number of carbonyl (C=O) groups excluding carboxylic acids is 3. The largest absolute Gasteiger partial charge is 0.465 e. The maximum absolute atomic E-state index is 12.8. The lowest BCUT2D eigenvalue weighted by atomic mass is 9.98. The normalized spacial score (nSPS) is 24.4. The van der Waals surface area contributed by atoms with Crippen molar-refractivity contribution in [2.75, 3.05) is 50.8 Å². The molecule has 0 aromatic heterocycles. The number of nitrogens with one attached hydrogen (secondary N) is 3. The molecule has 3 aliphatic heterocycles. The molecule has 4 rings (SSSR count). The van der Waals surface area contributed by atoms with E-state index in [9.17, 15) is 14.4 Å². The van der Waals surface area contributed by atoms with Crippen LogP contribution in [-0.4, -0.2) is 98.0 Å². The summed E-state index contributed by atoms with van der Waals surface area (Å²) in [5, 5.41) is 15.8. The number of rotatable bonds is 10. The smallest absolute Gasteiger partial charge is 0.431 e. The fourth-order valence-electron chi connectivity index (χ4n) is 5.50. The predicted molar refractivity (Wildman–Crippen MR) is 154 cm³/mol. The molecule has 0 radical (unpaired) electrons. The number of amidine groups is 1. The Morgan fingerprint density at radius 2 is 2.00 bits per heavy atom. The number of esters is 1. The van der Waals surface area contributed by atoms with Gasteiger partial charge in [0.2, 0.25) is 0 Å². The highest BCUT2D eigenvalue weighted by Gasteiger charge is 2.38. The molecule has 3 saturated heterocycles. The average molecular weight is 573 g/mol. The number of nitrogens with zero attached hydrogens (tertiary/aromatic N) is 3. The summed E-state index contributed by atoms with van der Waals surface area (Å²) in [6.45, 7) is 10.2. The Hall–Kier alpha value is -3.22. The van der Waals surface area contributed by atoms with Crippen LogP contribution >= 0.6 is 0 Å². The lowest BCUT2D eigenvalue weighted by Gasteiger charge is -2.39. The highest BCUT2D eigenvalue weighted by molar-refractivity contribution is 6.04. The van der Waals surface area contributed by atoms with Crippen molar-refractivity contribution in [3.8, 4) is 0 Å². The van der Waals surface area contributed by atoms with E-state index in [0.29, 0.717) is 44.0 Å². The third-order valence-electron chi connectivity index (χ3n) is 8.04. The first kappa shape index (κ1) is 30.7. The van der Waals surface area contributed by atoms with Crippen molar-refractivity contribution in [1.82, 2.24) is 20.6 Å². The van der Waals surface area contributed by atoms with Crippen LogP contribution in [0.2, 0.25) is 0 Å². The van der Waals surface area contributed by atoms with Crippen LogP contribution in [0, 0.1) is 11.3 Å². The Balaban J connectivity index is 1.29. The van der Waals surface area contributed by atoms with Crippen LogP contribution in [0.15, 0.2) is 24.3 Å². The summed E-state index contributed by atoms with van der Waals surface area (Å²) in [5.74, 6) is -0.582. The van der Waals surface area contributed by atoms with Gasteiger partial charge in [0.1, 0.15) is 11.9 Å². The van der Waals surface area contributed by atoms with E-state index in [0.717, 1.165) is 45.2 Å². The highest BCUT2D eigenvalue weighted by atomic mass is 16.7. The molecule has 12 nitrogen and oxygen atoms in total. The second-order valence-corrected chi connectivity index (χ2v) is 11.1. The zero-order valence-electron chi connectivity index (χ0n) is 24.4. The van der Waals surface area contributed by atoms with Gasteiger partial charge in [0.25, 0.3) is 0 Å². The van der Waals surface area contributed by atoms with Crippen molar-refractivity contribution in [2.24, 2.45) is 5.92 Å². The third kappa shape index (κ3) is 8.17. The molecule has 226 valence electrons. The minimum absolute atomic E-state index is 0.0479. The van der Waals surface area contributed by atoms with Crippen molar-refractivity contribution in [1.29, 1.82) is 5.41 Å². The summed E-state index contributed by atoms with van der Waals surface area (Å²) in [6, 6.07) is 6.93. The summed E-state index contributed by atoms with van der Waals surface area (Å²) in [5.41, 5.74) is 1.13. The van der Waals surface area contributed by atoms with Gasteiger partial charge < -0.3 is 19.6 Å². The summed E-state index contributed by atoms with van der Waals surface area (Å²) in [6.07, 6.45) is 3.40. The number of piperazine rings is 1. The van der Waals surface area contributed by atoms with Crippen LogP contribution in [-0.2, 0) is 19.1 Å². The Kier molecular flexibility index (Phi) is 10.9. The molecule has 1 aromatic rings. The van der Waals surface area contributed by atoms with Crippen molar-refractivity contribution >= 4 is 29.7 Å². The number of carbonyl (C=O) groups is 3. The van der Waals surface area contributed by atoms with E-state index in [2.05, 4.69) is 22.5 Å². The molecule has 4 atom stereocenters. The van der Waals surface area contributed by atoms with E-state index >= 15 is 0 Å². The molecule has 0 spiro atoms. The molecule has 2 amide bonds. The first-order chi connectivity index (χ1) is 19.8. The van der Waals surface area contributed by atoms with E-state index in [-0.39, 0.29) is 35.9 Å². The molecular weight excluding hydrogens is 528 g/mol. The number of hydrogen-bond acceptors (Lipinski definition) is 10. The van der Waals surface area contributed by atoms with Gasteiger partial charge in [-0.3, -0.25) is 25.3 Å². The van der Waals surface area contributed by atoms with Crippen molar-refractivity contribution < 1.29 is 28.7 Å². The van der Waals surface area contributed by atoms with E-state index < -0.39 is 12.2 Å². The van der Waals surface area contributed by atoms with Crippen molar-refractivity contribution in [3.63, 3.8) is 0 Å². The topological polar surface area (TPSA) is 137 Å². The molecule has 1 aromatic carbocycles. The molecule has 41 heavy (non-hydrogen) atoms. The van der Waals surface area contributed by atoms with Gasteiger partial charge in [0, 0.05) is 56.1 Å². The molecule has 3 fully saturated rings. The summed E-state index contributed by atoms with van der Waals surface area (Å²) < 4.78 is 11.2. The van der Waals surface area contributed by atoms with Gasteiger partial charge in [0.15, 0.2) is 0 Å². The Bertz CT molecular complexity index is 1070. The van der Waals surface area contributed by atoms with Gasteiger partial charge in [-0.15, -0.1) is 5.06 Å². The minimum atomic E-state index is -0.687. The SMILES string of the molecule is CCCCOC(=O)C(C)C1CNCCN1CC1CN(c2ccc(C(=N)NC(=O)ON3CCCCC3C)cc2)C(=O)O1. The highest BCUT2D eigenvalue weighted by Crippen LogP contribution is 2.25. The Morgan fingerprint density at radius 1 is 1.22 bits per heavy atom. The van der Waals surface area contributed by atoms with Gasteiger partial charge in [-0.05, 0) is 50.5 Å². The molecule has 4 unspecified atom stereocenters. The van der Waals surface area contributed by atoms with Crippen LogP contribution in [0.5, 0.6) is 0 Å². The predicted octanol–water partition coefficient (Wildman–Crippen LogP) is 3.11. The number of hydroxylamine groups is 2. The van der Waals surface area contributed by atoms with Crippen molar-refractivity contribution in [2.45, 2.75) is 71.1 Å². The maximum atomic E-state index is 12.8. The monoisotopic (exact) mass is 572 g/mol. The first-order valence-corrected chi connectivity index (χ1v) is 14.8. The fraction of sp³-hybridized carbons (Fsp3) is 0.655. The van der Waals surface area contributed by atoms with Crippen LogP contribution < -0.4 is 15.5 Å². The Labute approximate surface area is 242 Å². The van der Waals surface area contributed by atoms with Crippen molar-refractivity contribution in [3.05, 3.63) is 29.8 Å². The number of unbranched alkanes of at least 4 members (excludes halogenated alkanes) is 1. The Morgan fingerprint density at radius 3 is 2.73 bits per heavy atom. The molecule has 0 saturated carbocycles. The van der Waals surface area contributed by atoms with Gasteiger partial charge in [-0.25, -0.2) is 9.59 Å².